The summed E-state index contributed by atoms with van der Waals surface area (Å²) in [6, 6.07) is 11.5. The zero-order chi connectivity index (χ0) is 44.8. The maximum Gasteiger partial charge on any atom is 0.245 e. The summed E-state index contributed by atoms with van der Waals surface area (Å²) in [6.45, 7) is 14.9. The van der Waals surface area contributed by atoms with Crippen LogP contribution in [0.5, 0.6) is 0 Å². The Morgan fingerprint density at radius 1 is 0.885 bits per heavy atom. The largest absolute Gasteiger partial charge is 0.379 e. The molecule has 1 aromatic carbocycles. The zero-order valence-electron chi connectivity index (χ0n) is 38.2. The van der Waals surface area contributed by atoms with Crippen molar-refractivity contribution in [2.24, 2.45) is 23.7 Å². The number of nitrogens with zero attached hydrogens (tertiary/aromatic N) is 5. The van der Waals surface area contributed by atoms with Gasteiger partial charge >= 0.3 is 0 Å². The second-order valence-corrected chi connectivity index (χ2v) is 18.3. The minimum absolute atomic E-state index is 0.0196. The van der Waals surface area contributed by atoms with Crippen molar-refractivity contribution in [1.29, 1.82) is 0 Å². The van der Waals surface area contributed by atoms with Crippen molar-refractivity contribution in [2.45, 2.75) is 130 Å². The van der Waals surface area contributed by atoms with E-state index in [1.165, 1.54) is 11.3 Å². The number of rotatable bonds is 23. The van der Waals surface area contributed by atoms with Gasteiger partial charge in [0.05, 0.1) is 48.7 Å². The third kappa shape index (κ3) is 13.1. The highest BCUT2D eigenvalue weighted by Gasteiger charge is 2.43. The number of methoxy groups -OCH3 is 2. The SMILES string of the molecule is CC[C@H](C)C([C@@H](CC(=O)N1CCC[C@H]1[C@H](OC)[C@@H](C)C(=O)N[C@@H](Cc1ccccc1)c1nccs1)OC)N(C)C(=O)[C@@H](NC(=O)C(C(C)C)N(C)Cc1ccncc1)C(C)C. The highest BCUT2D eigenvalue weighted by Crippen LogP contribution is 2.31. The van der Waals surface area contributed by atoms with E-state index < -0.39 is 36.3 Å². The van der Waals surface area contributed by atoms with E-state index in [9.17, 15) is 19.2 Å². The van der Waals surface area contributed by atoms with Gasteiger partial charge in [-0.1, -0.05) is 85.2 Å². The number of aromatic nitrogens is 2. The molecule has 0 spiro atoms. The van der Waals surface area contributed by atoms with Gasteiger partial charge in [-0.2, -0.15) is 0 Å². The van der Waals surface area contributed by atoms with Gasteiger partial charge in [-0.15, -0.1) is 11.3 Å². The van der Waals surface area contributed by atoms with Crippen molar-refractivity contribution in [3.63, 3.8) is 0 Å². The summed E-state index contributed by atoms with van der Waals surface area (Å²) in [5.74, 6) is -1.55. The number of likely N-dealkylation sites (N-methyl/N-ethyl adjacent to an activating group) is 2. The minimum Gasteiger partial charge on any atom is -0.379 e. The monoisotopic (exact) mass is 862 g/mol. The summed E-state index contributed by atoms with van der Waals surface area (Å²) in [6.07, 6.45) is 6.87. The molecule has 0 bridgehead atoms. The van der Waals surface area contributed by atoms with Gasteiger partial charge < -0.3 is 29.9 Å². The van der Waals surface area contributed by atoms with Crippen LogP contribution >= 0.6 is 11.3 Å². The van der Waals surface area contributed by atoms with Crippen molar-refractivity contribution < 1.29 is 28.7 Å². The Morgan fingerprint density at radius 3 is 2.15 bits per heavy atom. The van der Waals surface area contributed by atoms with Gasteiger partial charge in [0.15, 0.2) is 0 Å². The predicted octanol–water partition coefficient (Wildman–Crippen LogP) is 6.16. The Kier molecular flexibility index (Phi) is 19.3. The second-order valence-electron chi connectivity index (χ2n) is 17.4. The quantitative estimate of drug-likeness (QED) is 0.115. The molecule has 1 aliphatic rings. The van der Waals surface area contributed by atoms with E-state index in [2.05, 4.69) is 34.4 Å². The Balaban J connectivity index is 1.48. The average Bonchev–Trinajstić information content (AvgIpc) is 3.96. The molecular formula is C47H71N7O6S. The van der Waals surface area contributed by atoms with Crippen LogP contribution < -0.4 is 10.6 Å². The number of thiazole rings is 1. The molecule has 3 aromatic rings. The molecule has 336 valence electrons. The predicted molar refractivity (Wildman–Crippen MR) is 240 cm³/mol. The molecule has 13 nitrogen and oxygen atoms in total. The van der Waals surface area contributed by atoms with Gasteiger partial charge in [-0.25, -0.2) is 4.98 Å². The number of hydrogen-bond acceptors (Lipinski definition) is 10. The van der Waals surface area contributed by atoms with E-state index in [4.69, 9.17) is 9.47 Å². The highest BCUT2D eigenvalue weighted by atomic mass is 32.1. The van der Waals surface area contributed by atoms with E-state index in [-0.39, 0.29) is 59.9 Å². The molecule has 3 heterocycles. The van der Waals surface area contributed by atoms with Crippen molar-refractivity contribution >= 4 is 35.0 Å². The molecular weight excluding hydrogens is 791 g/mol. The smallest absolute Gasteiger partial charge is 0.245 e. The van der Waals surface area contributed by atoms with Crippen molar-refractivity contribution in [3.8, 4) is 0 Å². The molecule has 4 rings (SSSR count). The molecule has 61 heavy (non-hydrogen) atoms. The molecule has 9 atom stereocenters. The maximum atomic E-state index is 14.6. The van der Waals surface area contributed by atoms with E-state index in [0.29, 0.717) is 25.9 Å². The van der Waals surface area contributed by atoms with Gasteiger partial charge in [0.2, 0.25) is 23.6 Å². The number of likely N-dealkylation sites (tertiary alicyclic amines) is 1. The van der Waals surface area contributed by atoms with Crippen LogP contribution in [0.25, 0.3) is 0 Å². The normalized spacial score (nSPS) is 18.3. The summed E-state index contributed by atoms with van der Waals surface area (Å²) in [7, 11) is 6.86. The molecule has 2 aromatic heterocycles. The van der Waals surface area contributed by atoms with Gasteiger partial charge in [0.25, 0.3) is 0 Å². The Labute approximate surface area is 368 Å². The summed E-state index contributed by atoms with van der Waals surface area (Å²) in [4.78, 5) is 71.1. The van der Waals surface area contributed by atoms with Crippen LogP contribution in [0, 0.1) is 23.7 Å². The van der Waals surface area contributed by atoms with Gasteiger partial charge in [0, 0.05) is 58.3 Å². The molecule has 2 N–H and O–H groups in total. The number of nitrogens with one attached hydrogen (secondary N) is 2. The van der Waals surface area contributed by atoms with E-state index >= 15 is 0 Å². The van der Waals surface area contributed by atoms with Crippen LogP contribution in [0.1, 0.15) is 96.3 Å². The molecule has 0 aliphatic carbocycles. The molecule has 4 amide bonds. The Hall–Kier alpha value is -4.24. The number of carbonyl (C=O) groups excluding carboxylic acids is 4. The van der Waals surface area contributed by atoms with Crippen molar-refractivity contribution in [3.05, 3.63) is 82.6 Å². The molecule has 0 radical (unpaired) electrons. The lowest BCUT2D eigenvalue weighted by molar-refractivity contribution is -0.148. The van der Waals surface area contributed by atoms with E-state index in [0.717, 1.165) is 29.0 Å². The summed E-state index contributed by atoms with van der Waals surface area (Å²) >= 11 is 1.50. The Morgan fingerprint density at radius 2 is 1.57 bits per heavy atom. The van der Waals surface area contributed by atoms with Crippen molar-refractivity contribution in [1.82, 2.24) is 35.3 Å². The average molecular weight is 862 g/mol. The van der Waals surface area contributed by atoms with Gasteiger partial charge in [0.1, 0.15) is 11.0 Å². The lowest BCUT2D eigenvalue weighted by atomic mass is 9.89. The minimum atomic E-state index is -0.797. The summed E-state index contributed by atoms with van der Waals surface area (Å²) in [5.41, 5.74) is 2.13. The fourth-order valence-electron chi connectivity index (χ4n) is 8.92. The molecule has 1 saturated heterocycles. The first-order valence-electron chi connectivity index (χ1n) is 21.9. The van der Waals surface area contributed by atoms with Crippen molar-refractivity contribution in [2.75, 3.05) is 34.9 Å². The molecule has 2 unspecified atom stereocenters. The fourth-order valence-corrected chi connectivity index (χ4v) is 9.61. The zero-order valence-corrected chi connectivity index (χ0v) is 39.1. The third-order valence-electron chi connectivity index (χ3n) is 12.4. The summed E-state index contributed by atoms with van der Waals surface area (Å²) in [5, 5.41) is 9.10. The van der Waals surface area contributed by atoms with Crippen LogP contribution in [0.2, 0.25) is 0 Å². The van der Waals surface area contributed by atoms with Crippen LogP contribution in [0.4, 0.5) is 0 Å². The van der Waals surface area contributed by atoms with Gasteiger partial charge in [-0.05, 0) is 67.3 Å². The second kappa shape index (κ2) is 23.8. The topological polar surface area (TPSA) is 146 Å². The molecule has 14 heteroatoms. The van der Waals surface area contributed by atoms with Crippen LogP contribution in [0.3, 0.4) is 0 Å². The number of carbonyl (C=O) groups is 4. The first-order chi connectivity index (χ1) is 29.1. The molecule has 1 fully saturated rings. The van der Waals surface area contributed by atoms with Crippen LogP contribution in [-0.4, -0.2) is 120 Å². The van der Waals surface area contributed by atoms with Crippen LogP contribution in [0.15, 0.2) is 66.4 Å². The first-order valence-corrected chi connectivity index (χ1v) is 22.8. The standard InChI is InChI=1S/C47H71N7O6S/c1-12-32(6)42(53(9)47(58)40(30(2)3)51-45(57)41(31(4)5)52(8)29-35-20-22-48-23-21-35)38(59-10)28-39(55)54-25-16-19-37(54)43(60-11)33(7)44(56)50-36(46-49-24-26-61-46)27-34-17-14-13-15-18-34/h13-15,17-18,20-24,26,30-33,36-38,40-43H,12,16,19,25,27-29H2,1-11H3,(H,50,56)(H,51,57)/t32-,33+,36-,37-,38+,40-,41?,42?,43+/m0/s1. The number of ether oxygens (including phenoxy) is 2. The summed E-state index contributed by atoms with van der Waals surface area (Å²) < 4.78 is 12.2. The molecule has 1 aliphatic heterocycles. The number of hydrogen-bond donors (Lipinski definition) is 2. The Bertz CT molecular complexity index is 1800. The lowest BCUT2D eigenvalue weighted by Crippen LogP contribution is -2.60. The highest BCUT2D eigenvalue weighted by molar-refractivity contribution is 7.09. The van der Waals surface area contributed by atoms with E-state index in [1.54, 1.807) is 44.8 Å². The lowest BCUT2D eigenvalue weighted by Gasteiger charge is -2.41. The number of benzene rings is 1. The fraction of sp³-hybridized carbons (Fsp3) is 0.617. The first kappa shape index (κ1) is 49.4. The number of pyridine rings is 1. The third-order valence-corrected chi connectivity index (χ3v) is 13.3. The van der Waals surface area contributed by atoms with E-state index in [1.807, 2.05) is 99.3 Å². The number of amides is 4. The van der Waals surface area contributed by atoms with Gasteiger partial charge in [-0.3, -0.25) is 29.1 Å². The maximum absolute atomic E-state index is 14.6. The molecule has 0 saturated carbocycles. The van der Waals surface area contributed by atoms with Crippen LogP contribution in [-0.2, 0) is 41.6 Å².